The molecule has 0 aliphatic carbocycles. The van der Waals surface area contributed by atoms with E-state index in [4.69, 9.17) is 10.5 Å². The fraction of sp³-hybridized carbons (Fsp3) is 0.800. The molecule has 3 nitrogen and oxygen atoms in total. The van der Waals surface area contributed by atoms with Gasteiger partial charge in [-0.1, -0.05) is 6.08 Å². The lowest BCUT2D eigenvalue weighted by Gasteiger charge is -2.26. The fourth-order valence-corrected chi connectivity index (χ4v) is 1.55. The Morgan fingerprint density at radius 2 is 2.12 bits per heavy atom. The highest BCUT2D eigenvalue weighted by Crippen LogP contribution is 2.29. The first-order chi connectivity index (χ1) is 7.54. The number of nitrogens with zero attached hydrogens (tertiary/aromatic N) is 1. The minimum Gasteiger partial charge on any atom is -0.379 e. The monoisotopic (exact) mass is 238 g/mol. The molecule has 1 heterocycles. The van der Waals surface area contributed by atoms with E-state index in [1.807, 2.05) is 4.90 Å². The van der Waals surface area contributed by atoms with E-state index < -0.39 is 11.7 Å². The summed E-state index contributed by atoms with van der Waals surface area (Å²) in [5, 5.41) is 0. The molecule has 0 spiro atoms. The Morgan fingerprint density at radius 1 is 1.38 bits per heavy atom. The van der Waals surface area contributed by atoms with Crippen molar-refractivity contribution in [3.8, 4) is 0 Å². The minimum atomic E-state index is -4.16. The summed E-state index contributed by atoms with van der Waals surface area (Å²) in [6.07, 6.45) is -2.84. The summed E-state index contributed by atoms with van der Waals surface area (Å²) >= 11 is 0. The van der Waals surface area contributed by atoms with Gasteiger partial charge in [0.05, 0.1) is 13.2 Å². The maximum atomic E-state index is 12.3. The number of halogens is 3. The first-order valence-electron chi connectivity index (χ1n) is 5.30. The average molecular weight is 238 g/mol. The molecule has 0 radical (unpaired) electrons. The topological polar surface area (TPSA) is 38.5 Å². The van der Waals surface area contributed by atoms with Crippen LogP contribution < -0.4 is 5.73 Å². The maximum Gasteiger partial charge on any atom is 0.412 e. The van der Waals surface area contributed by atoms with Crippen LogP contribution in [-0.4, -0.2) is 50.5 Å². The zero-order chi connectivity index (χ0) is 12.0. The van der Waals surface area contributed by atoms with Crippen LogP contribution in [0.3, 0.4) is 0 Å². The van der Waals surface area contributed by atoms with E-state index in [9.17, 15) is 13.2 Å². The molecule has 1 rings (SSSR count). The predicted octanol–water partition coefficient (Wildman–Crippen LogP) is 1.16. The van der Waals surface area contributed by atoms with Crippen molar-refractivity contribution in [2.45, 2.75) is 12.6 Å². The minimum absolute atomic E-state index is 0.0698. The van der Waals surface area contributed by atoms with Gasteiger partial charge >= 0.3 is 6.18 Å². The largest absolute Gasteiger partial charge is 0.412 e. The molecule has 6 heteroatoms. The van der Waals surface area contributed by atoms with Crippen LogP contribution in [-0.2, 0) is 4.74 Å². The molecule has 16 heavy (non-hydrogen) atoms. The Balaban J connectivity index is 2.23. The number of rotatable bonds is 5. The summed E-state index contributed by atoms with van der Waals surface area (Å²) < 4.78 is 42.1. The van der Waals surface area contributed by atoms with Crippen LogP contribution in [0.2, 0.25) is 0 Å². The van der Waals surface area contributed by atoms with Gasteiger partial charge in [-0.2, -0.15) is 13.2 Å². The summed E-state index contributed by atoms with van der Waals surface area (Å²) in [5.41, 5.74) is 4.83. The first-order valence-corrected chi connectivity index (χ1v) is 5.30. The van der Waals surface area contributed by atoms with Gasteiger partial charge in [0.25, 0.3) is 0 Å². The number of hydrogen-bond acceptors (Lipinski definition) is 3. The summed E-state index contributed by atoms with van der Waals surface area (Å²) in [7, 11) is 0. The molecule has 2 N–H and O–H groups in total. The van der Waals surface area contributed by atoms with Gasteiger partial charge in [0.15, 0.2) is 0 Å². The molecule has 0 unspecified atom stereocenters. The van der Waals surface area contributed by atoms with E-state index in [0.29, 0.717) is 39.4 Å². The second-order valence-electron chi connectivity index (χ2n) is 3.68. The van der Waals surface area contributed by atoms with Crippen LogP contribution in [0.15, 0.2) is 11.6 Å². The quantitative estimate of drug-likeness (QED) is 0.577. The average Bonchev–Trinajstić information content (AvgIpc) is 2.24. The van der Waals surface area contributed by atoms with E-state index >= 15 is 0 Å². The molecule has 0 aromatic heterocycles. The third-order valence-electron chi connectivity index (χ3n) is 2.47. The van der Waals surface area contributed by atoms with Gasteiger partial charge in [-0.15, -0.1) is 0 Å². The Kier molecular flexibility index (Phi) is 5.24. The third-order valence-corrected chi connectivity index (χ3v) is 2.47. The molecule has 1 aliphatic heterocycles. The lowest BCUT2D eigenvalue weighted by Crippen LogP contribution is -2.34. The van der Waals surface area contributed by atoms with E-state index in [1.54, 1.807) is 0 Å². The molecule has 0 saturated carbocycles. The molecule has 0 aromatic carbocycles. The number of ether oxygens (including phenoxy) is 1. The van der Waals surface area contributed by atoms with Gasteiger partial charge in [-0.05, 0) is 6.42 Å². The molecule has 0 fully saturated rings. The van der Waals surface area contributed by atoms with Gasteiger partial charge in [0.2, 0.25) is 0 Å². The van der Waals surface area contributed by atoms with Crippen LogP contribution in [0.25, 0.3) is 0 Å². The summed E-state index contributed by atoms with van der Waals surface area (Å²) in [4.78, 5) is 1.94. The maximum absolute atomic E-state index is 12.3. The van der Waals surface area contributed by atoms with Crippen molar-refractivity contribution in [1.82, 2.24) is 4.90 Å². The van der Waals surface area contributed by atoms with Gasteiger partial charge < -0.3 is 10.5 Å². The lowest BCUT2D eigenvalue weighted by molar-refractivity contribution is -0.0961. The molecule has 94 valence electrons. The highest BCUT2D eigenvalue weighted by molar-refractivity contribution is 5.12. The Labute approximate surface area is 93.0 Å². The summed E-state index contributed by atoms with van der Waals surface area (Å²) in [5.74, 6) is 0. The normalized spacial score (nSPS) is 18.6. The van der Waals surface area contributed by atoms with Crippen molar-refractivity contribution < 1.29 is 17.9 Å². The third kappa shape index (κ3) is 4.51. The second kappa shape index (κ2) is 6.22. The lowest BCUT2D eigenvalue weighted by atomic mass is 10.1. The molecule has 0 atom stereocenters. The van der Waals surface area contributed by atoms with Crippen molar-refractivity contribution in [2.24, 2.45) is 5.73 Å². The zero-order valence-electron chi connectivity index (χ0n) is 9.09. The van der Waals surface area contributed by atoms with Gasteiger partial charge in [-0.25, -0.2) is 0 Å². The predicted molar refractivity (Wildman–Crippen MR) is 55.1 cm³/mol. The van der Waals surface area contributed by atoms with Crippen LogP contribution >= 0.6 is 0 Å². The van der Waals surface area contributed by atoms with Crippen molar-refractivity contribution in [3.05, 3.63) is 11.6 Å². The van der Waals surface area contributed by atoms with E-state index in [2.05, 4.69) is 0 Å². The number of hydrogen-bond donors (Lipinski definition) is 1. The van der Waals surface area contributed by atoms with Crippen LogP contribution in [0.1, 0.15) is 6.42 Å². The molecular weight excluding hydrogens is 221 g/mol. The molecular formula is C10H17F3N2O. The highest BCUT2D eigenvalue weighted by Gasteiger charge is 2.34. The van der Waals surface area contributed by atoms with Gasteiger partial charge in [-0.3, -0.25) is 4.90 Å². The molecule has 0 aromatic rings. The zero-order valence-corrected chi connectivity index (χ0v) is 9.09. The second-order valence-corrected chi connectivity index (χ2v) is 3.68. The standard InChI is InChI=1S/C10H17F3N2O/c11-10(12,13)9-1-4-15(5-2-9)6-8-16-7-3-14/h1H,2-8,14H2. The Morgan fingerprint density at radius 3 is 2.62 bits per heavy atom. The molecule has 0 saturated heterocycles. The van der Waals surface area contributed by atoms with Crippen molar-refractivity contribution in [2.75, 3.05) is 39.4 Å². The summed E-state index contributed by atoms with van der Waals surface area (Å²) in [6, 6.07) is 0. The van der Waals surface area contributed by atoms with Crippen molar-refractivity contribution in [1.29, 1.82) is 0 Å². The van der Waals surface area contributed by atoms with Crippen molar-refractivity contribution >= 4 is 0 Å². The SMILES string of the molecule is NCCOCCN1CC=C(C(F)(F)F)CC1. The molecule has 0 bridgehead atoms. The van der Waals surface area contributed by atoms with E-state index in [-0.39, 0.29) is 6.42 Å². The van der Waals surface area contributed by atoms with E-state index in [1.165, 1.54) is 6.08 Å². The smallest absolute Gasteiger partial charge is 0.379 e. The fourth-order valence-electron chi connectivity index (χ4n) is 1.55. The first kappa shape index (κ1) is 13.5. The summed E-state index contributed by atoms with van der Waals surface area (Å²) in [6.45, 7) is 2.93. The van der Waals surface area contributed by atoms with Crippen LogP contribution in [0.5, 0.6) is 0 Å². The van der Waals surface area contributed by atoms with Gasteiger partial charge in [0, 0.05) is 31.8 Å². The Hall–Kier alpha value is -0.590. The van der Waals surface area contributed by atoms with Gasteiger partial charge in [0.1, 0.15) is 0 Å². The van der Waals surface area contributed by atoms with E-state index in [0.717, 1.165) is 0 Å². The Bertz CT molecular complexity index is 241. The van der Waals surface area contributed by atoms with Crippen molar-refractivity contribution in [3.63, 3.8) is 0 Å². The van der Waals surface area contributed by atoms with Crippen LogP contribution in [0, 0.1) is 0 Å². The molecule has 0 amide bonds. The number of nitrogens with two attached hydrogens (primary N) is 1. The number of alkyl halides is 3. The molecule has 1 aliphatic rings. The van der Waals surface area contributed by atoms with Crippen LogP contribution in [0.4, 0.5) is 13.2 Å². The highest BCUT2D eigenvalue weighted by atomic mass is 19.4.